The standard InChI is InChI=1S/C139H154B2N6/c1-88-73-107-110(137(25,26)71-69-134(107,19)20)85-120(88)147-119-65-56-95(132(14,15)16)78-113(119)140-112-77-94(131(11,12)13)55-64-117(112)144(100-58-50-91(51-59-100)128(2,3)4)123-81-104(83-125(147)127(123)140)143(99-46-38-33-39-47-99)102-48-40-41-89(74-102)87-139(29,30)96-57-66-118-114(79-96)141-115-84-109-111(138(27,28)72-70-136(109,23)24)86-121(115)146(116-63-54-93(130(8,9)10)76-105(116)90-49-62-106-108(75-90)135(21,22)68-67-133(106,17)18)124-82-103(142(97-42-34-31-35-43-97)98-44-36-32-37-45-98)80-122(126(124)141)145(118)101-60-52-92(53-61-101)129(5,6)7/h31-66,73-86H,67-72,87H2,1-30H3. The van der Waals surface area contributed by atoms with Crippen molar-refractivity contribution in [2.75, 3.05) is 29.4 Å². The highest BCUT2D eigenvalue weighted by Crippen LogP contribution is 2.59. The maximum Gasteiger partial charge on any atom is 0.252 e. The molecular formula is C139H154B2N6. The van der Waals surface area contributed by atoms with Gasteiger partial charge in [0.25, 0.3) is 13.4 Å². The van der Waals surface area contributed by atoms with E-state index in [-0.39, 0.29) is 73.0 Å². The van der Waals surface area contributed by atoms with Gasteiger partial charge in [-0.2, -0.15) is 0 Å². The Morgan fingerprint density at radius 2 is 0.558 bits per heavy atom. The van der Waals surface area contributed by atoms with Gasteiger partial charge in [-0.3, -0.25) is 0 Å². The number of aryl methyl sites for hydroxylation is 1. The van der Waals surface area contributed by atoms with Gasteiger partial charge in [-0.25, -0.2) is 0 Å². The van der Waals surface area contributed by atoms with Crippen LogP contribution in [0, 0.1) is 6.92 Å². The van der Waals surface area contributed by atoms with Crippen molar-refractivity contribution in [3.05, 3.63) is 381 Å². The second-order valence-corrected chi connectivity index (χ2v) is 54.5. The summed E-state index contributed by atoms with van der Waals surface area (Å²) in [5.41, 5.74) is 49.3. The topological polar surface area (TPSA) is 19.4 Å². The van der Waals surface area contributed by atoms with Gasteiger partial charge >= 0.3 is 0 Å². The van der Waals surface area contributed by atoms with Crippen LogP contribution < -0.4 is 62.2 Å². The third kappa shape index (κ3) is 16.9. The Morgan fingerprint density at radius 3 is 0.980 bits per heavy atom. The number of para-hydroxylation sites is 3. The summed E-state index contributed by atoms with van der Waals surface area (Å²) in [4.78, 5) is 15.9. The van der Waals surface area contributed by atoms with Gasteiger partial charge in [0.15, 0.2) is 0 Å². The monoisotopic (exact) mass is 1930 g/mol. The normalized spacial score (nSPS) is 16.9. The molecule has 0 atom stereocenters. The third-order valence-corrected chi connectivity index (χ3v) is 35.6. The molecule has 0 amide bonds. The Kier molecular flexibility index (Phi) is 23.1. The molecule has 0 saturated heterocycles. The molecule has 0 fully saturated rings. The first-order valence-corrected chi connectivity index (χ1v) is 54.8. The SMILES string of the molecule is Cc1cc2c(cc1N1c3ccc(C(C)(C)C)cc3B3c4cc(C(C)(C)C)ccc4N(c4ccc(C(C)(C)C)cc4)c4cc(N(c5ccccc5)c5cccc(CC(C)(C)c6ccc7c(c6)B6c8cc9c(cc8N(c8ccc(C(C)(C)C)cc8-c8ccc%10c(c8)C(C)(C)CCC%10(C)C)c8cc(N(c%10ccccc%10)c%10ccccc%10)cc(c86)N7c6ccc(C(C)(C)C)cc6)C(C)(C)CCC9(C)C)c5)cc1c43)C(C)(C)CCC2(C)C. The van der Waals surface area contributed by atoms with E-state index < -0.39 is 5.41 Å². The minimum absolute atomic E-state index is 0.0186. The van der Waals surface area contributed by atoms with Crippen molar-refractivity contribution in [1.82, 2.24) is 0 Å². The molecule has 7 aliphatic rings. The second-order valence-electron chi connectivity index (χ2n) is 54.5. The van der Waals surface area contributed by atoms with Crippen LogP contribution in [0.1, 0.15) is 317 Å². The van der Waals surface area contributed by atoms with Crippen molar-refractivity contribution in [1.29, 1.82) is 0 Å². The number of hydrogen-bond acceptors (Lipinski definition) is 6. The lowest BCUT2D eigenvalue weighted by Crippen LogP contribution is -2.62. The van der Waals surface area contributed by atoms with Crippen LogP contribution in [0.5, 0.6) is 0 Å². The fraction of sp³-hybridized carbons (Fsp3) is 0.353. The van der Waals surface area contributed by atoms with E-state index in [1.54, 1.807) is 0 Å². The maximum atomic E-state index is 2.79. The van der Waals surface area contributed by atoms with Crippen molar-refractivity contribution < 1.29 is 0 Å². The quantitative estimate of drug-likeness (QED) is 0.100. The van der Waals surface area contributed by atoms with Gasteiger partial charge < -0.3 is 29.4 Å². The molecule has 4 aliphatic heterocycles. The molecule has 0 unspecified atom stereocenters. The average molecular weight is 1930 g/mol. The van der Waals surface area contributed by atoms with Crippen LogP contribution in [0.25, 0.3) is 11.1 Å². The van der Waals surface area contributed by atoms with Crippen LogP contribution >= 0.6 is 0 Å². The van der Waals surface area contributed by atoms with Crippen LogP contribution in [0.3, 0.4) is 0 Å². The van der Waals surface area contributed by atoms with Crippen molar-refractivity contribution in [2.45, 2.75) is 318 Å². The number of nitrogens with zero attached hydrogens (tertiary/aromatic N) is 6. The van der Waals surface area contributed by atoms with E-state index in [4.69, 9.17) is 0 Å². The summed E-state index contributed by atoms with van der Waals surface area (Å²) in [6.07, 6.45) is 7.47. The Bertz CT molecular complexity index is 7720. The summed E-state index contributed by atoms with van der Waals surface area (Å²) in [5.74, 6) is 0. The maximum absolute atomic E-state index is 2.79. The first-order valence-electron chi connectivity index (χ1n) is 54.8. The first kappa shape index (κ1) is 98.9. The number of hydrogen-bond donors (Lipinski definition) is 0. The summed E-state index contributed by atoms with van der Waals surface area (Å²) in [5, 5.41) is 0. The predicted octanol–water partition coefficient (Wildman–Crippen LogP) is 34.8. The first-order chi connectivity index (χ1) is 69.1. The molecule has 15 aromatic rings. The van der Waals surface area contributed by atoms with E-state index in [0.29, 0.717) is 0 Å². The summed E-state index contributed by atoms with van der Waals surface area (Å²) >= 11 is 0. The minimum atomic E-state index is -0.428. The molecule has 746 valence electrons. The lowest BCUT2D eigenvalue weighted by molar-refractivity contribution is 0.332. The summed E-state index contributed by atoms with van der Waals surface area (Å²) < 4.78 is 0. The molecule has 0 spiro atoms. The third-order valence-electron chi connectivity index (χ3n) is 35.6. The van der Waals surface area contributed by atoms with Gasteiger partial charge in [0.2, 0.25) is 0 Å². The van der Waals surface area contributed by atoms with Crippen LogP contribution in [-0.4, -0.2) is 13.4 Å². The number of fused-ring (bicyclic) bond motifs is 11. The predicted molar refractivity (Wildman–Crippen MR) is 637 cm³/mol. The fourth-order valence-corrected chi connectivity index (χ4v) is 26.1. The zero-order chi connectivity index (χ0) is 104. The van der Waals surface area contributed by atoms with E-state index in [2.05, 4.69) is 540 Å². The molecule has 0 bridgehead atoms. The Balaban J connectivity index is 0.766. The van der Waals surface area contributed by atoms with E-state index >= 15 is 0 Å². The number of rotatable bonds is 14. The van der Waals surface area contributed by atoms with Gasteiger partial charge in [0.1, 0.15) is 0 Å². The lowest BCUT2D eigenvalue weighted by atomic mass is 9.33. The van der Waals surface area contributed by atoms with Gasteiger partial charge in [0, 0.05) is 90.9 Å². The highest BCUT2D eigenvalue weighted by molar-refractivity contribution is 7.01. The van der Waals surface area contributed by atoms with Gasteiger partial charge in [-0.1, -0.05) is 365 Å². The minimum Gasteiger partial charge on any atom is -0.311 e. The Hall–Kier alpha value is -12.8. The molecule has 0 aromatic heterocycles. The van der Waals surface area contributed by atoms with Gasteiger partial charge in [-0.05, 0) is 373 Å². The van der Waals surface area contributed by atoms with E-state index in [1.165, 1.54) is 179 Å². The largest absolute Gasteiger partial charge is 0.311 e. The molecule has 15 aromatic carbocycles. The Labute approximate surface area is 881 Å². The molecule has 3 aliphatic carbocycles. The van der Waals surface area contributed by atoms with Crippen molar-refractivity contribution in [3.63, 3.8) is 0 Å². The zero-order valence-corrected chi connectivity index (χ0v) is 93.7. The van der Waals surface area contributed by atoms with Crippen molar-refractivity contribution in [2.24, 2.45) is 0 Å². The average Bonchev–Trinajstić information content (AvgIpc) is 0.685. The smallest absolute Gasteiger partial charge is 0.252 e. The number of anilines is 18. The molecule has 0 saturated carbocycles. The van der Waals surface area contributed by atoms with Gasteiger partial charge in [0.05, 0.1) is 17.1 Å². The molecular weight excluding hydrogens is 1780 g/mol. The molecule has 0 N–H and O–H groups in total. The zero-order valence-electron chi connectivity index (χ0n) is 93.7. The van der Waals surface area contributed by atoms with Crippen molar-refractivity contribution in [3.8, 4) is 11.1 Å². The molecule has 6 nitrogen and oxygen atoms in total. The van der Waals surface area contributed by atoms with Crippen molar-refractivity contribution >= 4 is 149 Å². The van der Waals surface area contributed by atoms with Gasteiger partial charge in [-0.15, -0.1) is 0 Å². The van der Waals surface area contributed by atoms with E-state index in [1.807, 2.05) is 0 Å². The molecule has 22 rings (SSSR count). The lowest BCUT2D eigenvalue weighted by Gasteiger charge is -2.48. The fourth-order valence-electron chi connectivity index (χ4n) is 26.1. The second kappa shape index (κ2) is 34.4. The van der Waals surface area contributed by atoms with Crippen LogP contribution in [0.15, 0.2) is 303 Å². The molecule has 147 heavy (non-hydrogen) atoms. The Morgan fingerprint density at radius 1 is 0.238 bits per heavy atom. The summed E-state index contributed by atoms with van der Waals surface area (Å²) in [6, 6.07) is 122. The highest BCUT2D eigenvalue weighted by atomic mass is 15.2. The van der Waals surface area contributed by atoms with Crippen LogP contribution in [0.4, 0.5) is 102 Å². The highest BCUT2D eigenvalue weighted by Gasteiger charge is 2.52. The number of benzene rings is 15. The molecule has 4 heterocycles. The van der Waals surface area contributed by atoms with Crippen LogP contribution in [0.2, 0.25) is 0 Å². The molecule has 8 heteroatoms. The molecule has 0 radical (unpaired) electrons. The summed E-state index contributed by atoms with van der Waals surface area (Å²) in [7, 11) is 0. The summed E-state index contributed by atoms with van der Waals surface area (Å²) in [6.45, 7) is 72.6. The van der Waals surface area contributed by atoms with E-state index in [0.717, 1.165) is 90.4 Å². The van der Waals surface area contributed by atoms with Crippen LogP contribution in [-0.2, 0) is 71.4 Å². The van der Waals surface area contributed by atoms with E-state index in [9.17, 15) is 0 Å².